The average molecular weight is 508 g/mol. The van der Waals surface area contributed by atoms with Crippen LogP contribution in [0.15, 0.2) is 54.7 Å². The largest absolute Gasteiger partial charge is 0.445 e. The Bertz CT molecular complexity index is 1420. The molecule has 0 radical (unpaired) electrons. The molecule has 1 aliphatic rings. The Hall–Kier alpha value is -4.61. The maximum Gasteiger partial charge on any atom is 0.410 e. The highest BCUT2D eigenvalue weighted by Gasteiger charge is 2.29. The van der Waals surface area contributed by atoms with E-state index in [-0.39, 0.29) is 35.8 Å². The average Bonchev–Trinajstić information content (AvgIpc) is 3.31. The van der Waals surface area contributed by atoms with Gasteiger partial charge in [-0.3, -0.25) is 9.89 Å². The summed E-state index contributed by atoms with van der Waals surface area (Å²) >= 11 is 0. The molecule has 1 fully saturated rings. The minimum atomic E-state index is -0.894. The molecule has 2 N–H and O–H groups in total. The molecule has 0 saturated carbocycles. The van der Waals surface area contributed by atoms with E-state index in [2.05, 4.69) is 25.5 Å². The van der Waals surface area contributed by atoms with E-state index in [0.29, 0.717) is 43.2 Å². The predicted octanol–water partition coefficient (Wildman–Crippen LogP) is 4.41. The van der Waals surface area contributed by atoms with Crippen LogP contribution in [0, 0.1) is 17.6 Å². The first-order valence-electron chi connectivity index (χ1n) is 11.6. The molecule has 0 unspecified atom stereocenters. The molecule has 0 atom stereocenters. The molecule has 5 rings (SSSR count). The topological polar surface area (TPSA) is 122 Å². The van der Waals surface area contributed by atoms with Gasteiger partial charge in [-0.25, -0.2) is 18.6 Å². The monoisotopic (exact) mass is 508 g/mol. The van der Waals surface area contributed by atoms with Crippen LogP contribution in [0.2, 0.25) is 0 Å². The van der Waals surface area contributed by atoms with E-state index in [0.717, 1.165) is 17.7 Å². The van der Waals surface area contributed by atoms with Gasteiger partial charge >= 0.3 is 12.1 Å². The Labute approximate surface area is 209 Å². The van der Waals surface area contributed by atoms with Crippen LogP contribution in [0.1, 0.15) is 18.4 Å². The molecule has 1 saturated heterocycles. The minimum Gasteiger partial charge on any atom is -0.445 e. The first-order chi connectivity index (χ1) is 18.0. The van der Waals surface area contributed by atoms with E-state index in [1.165, 1.54) is 6.20 Å². The second kappa shape index (κ2) is 10.6. The van der Waals surface area contributed by atoms with Gasteiger partial charge in [0.1, 0.15) is 18.2 Å². The maximum absolute atomic E-state index is 13.8. The number of H-pyrrole nitrogens is 1. The van der Waals surface area contributed by atoms with Crippen LogP contribution >= 0.6 is 0 Å². The molecule has 0 bridgehead atoms. The molecule has 10 nitrogen and oxygen atoms in total. The Kier molecular flexibility index (Phi) is 6.88. The standard InChI is InChI=1S/C25H22F2N6O4/c26-17-6-7-20(19(27)12-17)37-24-28-13-18-21(31-32-22(18)30-24)29-23(34)16-8-10-33(11-9-16)25(35)36-14-15-4-2-1-3-5-15/h1-7,12-13,16H,8-11,14H2,(H2,28,29,30,31,32,34). The summed E-state index contributed by atoms with van der Waals surface area (Å²) in [4.78, 5) is 34.9. The Morgan fingerprint density at radius 1 is 1.11 bits per heavy atom. The Morgan fingerprint density at radius 3 is 2.65 bits per heavy atom. The van der Waals surface area contributed by atoms with E-state index < -0.39 is 17.7 Å². The Morgan fingerprint density at radius 2 is 1.89 bits per heavy atom. The lowest BCUT2D eigenvalue weighted by Gasteiger charge is -2.30. The van der Waals surface area contributed by atoms with Gasteiger partial charge in [0.2, 0.25) is 5.91 Å². The Balaban J connectivity index is 1.15. The van der Waals surface area contributed by atoms with E-state index in [4.69, 9.17) is 9.47 Å². The maximum atomic E-state index is 13.8. The van der Waals surface area contributed by atoms with Gasteiger partial charge in [0.25, 0.3) is 0 Å². The van der Waals surface area contributed by atoms with E-state index in [1.807, 2.05) is 30.3 Å². The summed E-state index contributed by atoms with van der Waals surface area (Å²) in [5.41, 5.74) is 1.10. The van der Waals surface area contributed by atoms with Crippen LogP contribution in [-0.2, 0) is 16.1 Å². The van der Waals surface area contributed by atoms with Gasteiger partial charge in [-0.15, -0.1) is 0 Å². The minimum absolute atomic E-state index is 0.186. The number of piperidine rings is 1. The summed E-state index contributed by atoms with van der Waals surface area (Å²) in [5, 5.41) is 9.98. The molecule has 3 heterocycles. The van der Waals surface area contributed by atoms with Crippen LogP contribution in [0.3, 0.4) is 0 Å². The number of aromatic amines is 1. The van der Waals surface area contributed by atoms with Crippen molar-refractivity contribution in [1.29, 1.82) is 0 Å². The molecule has 1 aliphatic heterocycles. The van der Waals surface area contributed by atoms with Crippen molar-refractivity contribution in [3.63, 3.8) is 0 Å². The molecule has 4 aromatic rings. The predicted molar refractivity (Wildman–Crippen MR) is 128 cm³/mol. The number of ether oxygens (including phenoxy) is 2. The molecule has 37 heavy (non-hydrogen) atoms. The van der Waals surface area contributed by atoms with Crippen molar-refractivity contribution in [2.75, 3.05) is 18.4 Å². The lowest BCUT2D eigenvalue weighted by Crippen LogP contribution is -2.41. The summed E-state index contributed by atoms with van der Waals surface area (Å²) in [6.45, 7) is 0.999. The quantitative estimate of drug-likeness (QED) is 0.396. The lowest BCUT2D eigenvalue weighted by atomic mass is 9.96. The number of likely N-dealkylation sites (tertiary alicyclic amines) is 1. The number of nitrogens with one attached hydrogen (secondary N) is 2. The first kappa shape index (κ1) is 24.1. The number of nitrogens with zero attached hydrogens (tertiary/aromatic N) is 4. The molecule has 2 aromatic carbocycles. The third kappa shape index (κ3) is 5.63. The number of anilines is 1. The summed E-state index contributed by atoms with van der Waals surface area (Å²) < 4.78 is 37.6. The SMILES string of the molecule is O=C(Nc1[nH]nc2nc(Oc3ccc(F)cc3F)ncc12)C1CCN(C(=O)OCc2ccccc2)CC1. The highest BCUT2D eigenvalue weighted by Crippen LogP contribution is 2.26. The second-order valence-corrected chi connectivity index (χ2v) is 8.46. The van der Waals surface area contributed by atoms with Gasteiger partial charge in [0.05, 0.1) is 5.39 Å². The van der Waals surface area contributed by atoms with E-state index in [1.54, 1.807) is 4.90 Å². The third-order valence-electron chi connectivity index (χ3n) is 5.96. The van der Waals surface area contributed by atoms with Crippen LogP contribution in [0.5, 0.6) is 11.8 Å². The number of hydrogen-bond donors (Lipinski definition) is 2. The van der Waals surface area contributed by atoms with Crippen molar-refractivity contribution in [3.05, 3.63) is 71.9 Å². The van der Waals surface area contributed by atoms with Gasteiger partial charge < -0.3 is 19.7 Å². The number of halogens is 2. The fraction of sp³-hybridized carbons (Fsp3) is 0.240. The number of amides is 2. The number of hydrogen-bond acceptors (Lipinski definition) is 7. The van der Waals surface area contributed by atoms with Gasteiger partial charge in [0, 0.05) is 31.3 Å². The van der Waals surface area contributed by atoms with Crippen LogP contribution in [-0.4, -0.2) is 50.2 Å². The van der Waals surface area contributed by atoms with Crippen molar-refractivity contribution in [3.8, 4) is 11.8 Å². The van der Waals surface area contributed by atoms with Crippen LogP contribution in [0.25, 0.3) is 11.0 Å². The van der Waals surface area contributed by atoms with Gasteiger partial charge in [0.15, 0.2) is 17.2 Å². The number of fused-ring (bicyclic) bond motifs is 1. The van der Waals surface area contributed by atoms with Crippen molar-refractivity contribution < 1.29 is 27.8 Å². The van der Waals surface area contributed by atoms with Gasteiger partial charge in [-0.2, -0.15) is 10.1 Å². The van der Waals surface area contributed by atoms with Gasteiger partial charge in [-0.05, 0) is 30.5 Å². The molecular formula is C25H22F2N6O4. The normalized spacial score (nSPS) is 13.9. The number of aromatic nitrogens is 4. The van der Waals surface area contributed by atoms with E-state index in [9.17, 15) is 18.4 Å². The molecule has 2 aromatic heterocycles. The summed E-state index contributed by atoms with van der Waals surface area (Å²) in [5.74, 6) is -2.08. The molecular weight excluding hydrogens is 486 g/mol. The summed E-state index contributed by atoms with van der Waals surface area (Å²) in [6.07, 6.45) is 1.94. The third-order valence-corrected chi connectivity index (χ3v) is 5.96. The second-order valence-electron chi connectivity index (χ2n) is 8.46. The van der Waals surface area contributed by atoms with Crippen molar-refractivity contribution in [1.82, 2.24) is 25.1 Å². The van der Waals surface area contributed by atoms with Crippen molar-refractivity contribution in [2.24, 2.45) is 5.92 Å². The van der Waals surface area contributed by atoms with Crippen molar-refractivity contribution >= 4 is 28.9 Å². The highest BCUT2D eigenvalue weighted by atomic mass is 19.1. The zero-order valence-corrected chi connectivity index (χ0v) is 19.5. The lowest BCUT2D eigenvalue weighted by molar-refractivity contribution is -0.121. The summed E-state index contributed by atoms with van der Waals surface area (Å²) in [6, 6.07) is 12.1. The smallest absolute Gasteiger partial charge is 0.410 e. The van der Waals surface area contributed by atoms with E-state index >= 15 is 0 Å². The summed E-state index contributed by atoms with van der Waals surface area (Å²) in [7, 11) is 0. The first-order valence-corrected chi connectivity index (χ1v) is 11.6. The molecule has 190 valence electrons. The number of carbonyl (C=O) groups excluding carboxylic acids is 2. The molecule has 0 aliphatic carbocycles. The number of carbonyl (C=O) groups is 2. The molecule has 12 heteroatoms. The number of benzene rings is 2. The zero-order chi connectivity index (χ0) is 25.8. The van der Waals surface area contributed by atoms with Gasteiger partial charge in [-0.1, -0.05) is 30.3 Å². The molecule has 2 amide bonds. The van der Waals surface area contributed by atoms with Crippen LogP contribution in [0.4, 0.5) is 19.4 Å². The fourth-order valence-corrected chi connectivity index (χ4v) is 3.95. The molecule has 0 spiro atoms. The zero-order valence-electron chi connectivity index (χ0n) is 19.5. The highest BCUT2D eigenvalue weighted by molar-refractivity contribution is 5.99. The number of rotatable bonds is 6. The fourth-order valence-electron chi connectivity index (χ4n) is 3.95. The van der Waals surface area contributed by atoms with Crippen LogP contribution < -0.4 is 10.1 Å². The van der Waals surface area contributed by atoms with Crippen molar-refractivity contribution in [2.45, 2.75) is 19.4 Å².